The molecule has 0 aliphatic carbocycles. The number of rotatable bonds is 4. The fourth-order valence-corrected chi connectivity index (χ4v) is 3.38. The summed E-state index contributed by atoms with van der Waals surface area (Å²) in [5.41, 5.74) is 2.74. The lowest BCUT2D eigenvalue weighted by Crippen LogP contribution is -2.24. The van der Waals surface area contributed by atoms with E-state index in [4.69, 9.17) is 9.47 Å². The molecule has 130 valence electrons. The number of nitrogens with zero attached hydrogens (tertiary/aromatic N) is 2. The highest BCUT2D eigenvalue weighted by atomic mass is 79.9. The Bertz CT molecular complexity index is 835. The molecule has 1 amide bonds. The second-order valence-corrected chi connectivity index (χ2v) is 6.66. The lowest BCUT2D eigenvalue weighted by molar-refractivity contribution is -0.130. The molecule has 1 atom stereocenters. The van der Waals surface area contributed by atoms with E-state index in [2.05, 4.69) is 21.0 Å². The summed E-state index contributed by atoms with van der Waals surface area (Å²) in [5.74, 6) is 1.32. The second kappa shape index (κ2) is 7.27. The standard InChI is InChI=1S/C19H19BrN2O3/c1-12(23)22-18(16-10-15(24-2)7-8-19(16)25-3)11-17(21-22)13-5-4-6-14(20)9-13/h4-10,18H,11H2,1-3H3/t18-/m1/s1. The molecule has 1 heterocycles. The van der Waals surface area contributed by atoms with E-state index >= 15 is 0 Å². The van der Waals surface area contributed by atoms with E-state index in [1.807, 2.05) is 42.5 Å². The van der Waals surface area contributed by atoms with E-state index in [-0.39, 0.29) is 11.9 Å². The lowest BCUT2D eigenvalue weighted by atomic mass is 9.97. The number of ether oxygens (including phenoxy) is 2. The Morgan fingerprint density at radius 2 is 2.00 bits per heavy atom. The first-order valence-corrected chi connectivity index (χ1v) is 8.68. The number of carbonyl (C=O) groups excluding carboxylic acids is 1. The van der Waals surface area contributed by atoms with Crippen LogP contribution in [0.1, 0.15) is 30.5 Å². The molecule has 1 aliphatic heterocycles. The number of amides is 1. The van der Waals surface area contributed by atoms with Crippen LogP contribution in [0.3, 0.4) is 0 Å². The molecule has 2 aromatic rings. The smallest absolute Gasteiger partial charge is 0.240 e. The molecule has 0 bridgehead atoms. The summed E-state index contributed by atoms with van der Waals surface area (Å²) in [6.45, 7) is 1.52. The first-order valence-electron chi connectivity index (χ1n) is 7.88. The first kappa shape index (κ1) is 17.5. The van der Waals surface area contributed by atoms with Gasteiger partial charge < -0.3 is 9.47 Å². The molecule has 0 fully saturated rings. The normalized spacial score (nSPS) is 16.6. The molecule has 2 aromatic carbocycles. The molecule has 6 heteroatoms. The fraction of sp³-hybridized carbons (Fsp3) is 0.263. The van der Waals surface area contributed by atoms with Crippen molar-refractivity contribution in [3.63, 3.8) is 0 Å². The molecule has 5 nitrogen and oxygen atoms in total. The van der Waals surface area contributed by atoms with Gasteiger partial charge in [-0.15, -0.1) is 0 Å². The molecule has 0 spiro atoms. The quantitative estimate of drug-likeness (QED) is 0.770. The van der Waals surface area contributed by atoms with Crippen LogP contribution >= 0.6 is 15.9 Å². The largest absolute Gasteiger partial charge is 0.497 e. The van der Waals surface area contributed by atoms with Gasteiger partial charge in [0.2, 0.25) is 5.91 Å². The Morgan fingerprint density at radius 3 is 2.64 bits per heavy atom. The molecule has 0 unspecified atom stereocenters. The molecule has 0 radical (unpaired) electrons. The van der Waals surface area contributed by atoms with Crippen LogP contribution in [0.25, 0.3) is 0 Å². The van der Waals surface area contributed by atoms with Gasteiger partial charge in [0.1, 0.15) is 11.5 Å². The highest BCUT2D eigenvalue weighted by Crippen LogP contribution is 2.39. The van der Waals surface area contributed by atoms with Gasteiger partial charge in [-0.2, -0.15) is 5.10 Å². The van der Waals surface area contributed by atoms with E-state index in [1.165, 1.54) is 11.9 Å². The van der Waals surface area contributed by atoms with Gasteiger partial charge >= 0.3 is 0 Å². The molecule has 0 saturated heterocycles. The van der Waals surface area contributed by atoms with Crippen molar-refractivity contribution >= 4 is 27.5 Å². The molecule has 1 aliphatic rings. The first-order chi connectivity index (χ1) is 12.0. The van der Waals surface area contributed by atoms with Crippen molar-refractivity contribution in [3.8, 4) is 11.5 Å². The summed E-state index contributed by atoms with van der Waals surface area (Å²) in [4.78, 5) is 12.2. The average molecular weight is 403 g/mol. The Hall–Kier alpha value is -2.34. The lowest BCUT2D eigenvalue weighted by Gasteiger charge is -2.22. The molecule has 25 heavy (non-hydrogen) atoms. The maximum Gasteiger partial charge on any atom is 0.240 e. The zero-order chi connectivity index (χ0) is 18.0. The minimum atomic E-state index is -0.225. The summed E-state index contributed by atoms with van der Waals surface area (Å²) in [7, 11) is 3.24. The third-order valence-corrected chi connectivity index (χ3v) is 4.68. The van der Waals surface area contributed by atoms with Crippen molar-refractivity contribution < 1.29 is 14.3 Å². The topological polar surface area (TPSA) is 51.1 Å². The highest BCUT2D eigenvalue weighted by molar-refractivity contribution is 9.10. The van der Waals surface area contributed by atoms with Crippen molar-refractivity contribution in [2.45, 2.75) is 19.4 Å². The zero-order valence-corrected chi connectivity index (χ0v) is 15.9. The molecular weight excluding hydrogens is 384 g/mol. The summed E-state index contributed by atoms with van der Waals surface area (Å²) in [5, 5.41) is 6.09. The number of halogens is 1. The Labute approximate surface area is 155 Å². The van der Waals surface area contributed by atoms with Crippen LogP contribution in [0.15, 0.2) is 52.0 Å². The molecule has 0 N–H and O–H groups in total. The summed E-state index contributed by atoms with van der Waals surface area (Å²) in [6, 6.07) is 13.3. The third kappa shape index (κ3) is 3.54. The van der Waals surface area contributed by atoms with Gasteiger partial charge in [0.25, 0.3) is 0 Å². The van der Waals surface area contributed by atoms with E-state index in [1.54, 1.807) is 14.2 Å². The monoisotopic (exact) mass is 402 g/mol. The van der Waals surface area contributed by atoms with Crippen molar-refractivity contribution in [2.75, 3.05) is 14.2 Å². The van der Waals surface area contributed by atoms with Crippen LogP contribution in [-0.4, -0.2) is 30.8 Å². The minimum Gasteiger partial charge on any atom is -0.497 e. The second-order valence-electron chi connectivity index (χ2n) is 5.75. The van der Waals surface area contributed by atoms with Gasteiger partial charge in [-0.3, -0.25) is 4.79 Å². The van der Waals surface area contributed by atoms with E-state index in [0.717, 1.165) is 27.1 Å². The SMILES string of the molecule is COc1ccc(OC)c([C@H]2CC(c3cccc(Br)c3)=NN2C(C)=O)c1. The Morgan fingerprint density at radius 1 is 1.20 bits per heavy atom. The summed E-state index contributed by atoms with van der Waals surface area (Å²) < 4.78 is 11.8. The summed E-state index contributed by atoms with van der Waals surface area (Å²) in [6.07, 6.45) is 0.611. The van der Waals surface area contributed by atoms with Crippen molar-refractivity contribution in [3.05, 3.63) is 58.1 Å². The molecule has 0 aromatic heterocycles. The van der Waals surface area contributed by atoms with Gasteiger partial charge in [-0.1, -0.05) is 28.1 Å². The summed E-state index contributed by atoms with van der Waals surface area (Å²) >= 11 is 3.48. The van der Waals surface area contributed by atoms with E-state index in [9.17, 15) is 4.79 Å². The number of hydrogen-bond acceptors (Lipinski definition) is 4. The van der Waals surface area contributed by atoms with Gasteiger partial charge in [0.15, 0.2) is 0 Å². The number of carbonyl (C=O) groups is 1. The van der Waals surface area contributed by atoms with Crippen LogP contribution in [0, 0.1) is 0 Å². The Balaban J connectivity index is 2.02. The van der Waals surface area contributed by atoms with E-state index in [0.29, 0.717) is 12.2 Å². The van der Waals surface area contributed by atoms with Gasteiger partial charge in [0.05, 0.1) is 26.0 Å². The maximum atomic E-state index is 12.2. The van der Waals surface area contributed by atoms with Crippen molar-refractivity contribution in [1.82, 2.24) is 5.01 Å². The number of methoxy groups -OCH3 is 2. The predicted octanol–water partition coefficient (Wildman–Crippen LogP) is 4.16. The van der Waals surface area contributed by atoms with Crippen LogP contribution in [0.4, 0.5) is 0 Å². The fourth-order valence-electron chi connectivity index (χ4n) is 2.99. The minimum absolute atomic E-state index is 0.111. The van der Waals surface area contributed by atoms with Crippen molar-refractivity contribution in [2.24, 2.45) is 5.10 Å². The van der Waals surface area contributed by atoms with Gasteiger partial charge in [-0.25, -0.2) is 5.01 Å². The van der Waals surface area contributed by atoms with Crippen LogP contribution < -0.4 is 9.47 Å². The van der Waals surface area contributed by atoms with Crippen LogP contribution in [0.2, 0.25) is 0 Å². The third-order valence-electron chi connectivity index (χ3n) is 4.19. The number of hydrogen-bond donors (Lipinski definition) is 0. The molecule has 0 saturated carbocycles. The molecular formula is C19H19BrN2O3. The Kier molecular flexibility index (Phi) is 5.08. The van der Waals surface area contributed by atoms with Gasteiger partial charge in [-0.05, 0) is 35.9 Å². The molecule has 3 rings (SSSR count). The highest BCUT2D eigenvalue weighted by Gasteiger charge is 2.33. The number of benzene rings is 2. The van der Waals surface area contributed by atoms with Crippen LogP contribution in [-0.2, 0) is 4.79 Å². The van der Waals surface area contributed by atoms with E-state index < -0.39 is 0 Å². The average Bonchev–Trinajstić information content (AvgIpc) is 3.06. The van der Waals surface area contributed by atoms with Crippen LogP contribution in [0.5, 0.6) is 11.5 Å². The van der Waals surface area contributed by atoms with Crippen molar-refractivity contribution in [1.29, 1.82) is 0 Å². The van der Waals surface area contributed by atoms with Gasteiger partial charge in [0, 0.05) is 23.4 Å². The maximum absolute atomic E-state index is 12.2. The number of hydrazone groups is 1. The zero-order valence-electron chi connectivity index (χ0n) is 14.3. The predicted molar refractivity (Wildman–Crippen MR) is 100 cm³/mol.